The molecule has 0 amide bonds. The highest BCUT2D eigenvalue weighted by Gasteiger charge is 2.58. The Morgan fingerprint density at radius 3 is 2.50 bits per heavy atom. The number of rotatable bonds is 0. The highest BCUT2D eigenvalue weighted by Crippen LogP contribution is 2.62. The van der Waals surface area contributed by atoms with Crippen molar-refractivity contribution in [2.24, 2.45) is 28.9 Å². The number of hydrogen-bond acceptors (Lipinski definition) is 1. The van der Waals surface area contributed by atoms with Gasteiger partial charge in [0.2, 0.25) is 0 Å². The molecule has 0 aliphatic heterocycles. The van der Waals surface area contributed by atoms with Crippen molar-refractivity contribution < 1.29 is 0 Å². The van der Waals surface area contributed by atoms with Gasteiger partial charge in [0.1, 0.15) is 0 Å². The van der Waals surface area contributed by atoms with Crippen LogP contribution < -0.4 is 5.73 Å². The molecule has 5 atom stereocenters. The summed E-state index contributed by atoms with van der Waals surface area (Å²) in [7, 11) is 0. The molecule has 0 heterocycles. The molecule has 0 saturated heterocycles. The third kappa shape index (κ3) is 1.18. The van der Waals surface area contributed by atoms with E-state index in [1.165, 1.54) is 38.5 Å². The van der Waals surface area contributed by atoms with E-state index in [0.717, 1.165) is 17.8 Å². The quantitative estimate of drug-likeness (QED) is 0.661. The summed E-state index contributed by atoms with van der Waals surface area (Å²) in [6.07, 6.45) is 8.71. The first kappa shape index (κ1) is 10.8. The SMILES string of the molecule is C[C@H]1CC[C@]2(C1)[C@@H]1CC[C@@H](C1)[C@@H]2N.Cl. The van der Waals surface area contributed by atoms with Gasteiger partial charge in [0, 0.05) is 6.04 Å². The highest BCUT2D eigenvalue weighted by molar-refractivity contribution is 5.85. The number of fused-ring (bicyclic) bond motifs is 3. The normalized spacial score (nSPS) is 55.3. The fourth-order valence-electron chi connectivity index (χ4n) is 4.65. The molecule has 0 radical (unpaired) electrons. The Bertz CT molecular complexity index is 226. The smallest absolute Gasteiger partial charge is 0.0127 e. The third-order valence-electron chi connectivity index (χ3n) is 5.29. The molecule has 1 spiro atoms. The van der Waals surface area contributed by atoms with Crippen molar-refractivity contribution in [3.05, 3.63) is 0 Å². The lowest BCUT2D eigenvalue weighted by molar-refractivity contribution is 0.134. The lowest BCUT2D eigenvalue weighted by atomic mass is 9.68. The molecule has 3 rings (SSSR count). The summed E-state index contributed by atoms with van der Waals surface area (Å²) in [5.41, 5.74) is 7.04. The Hall–Kier alpha value is 0.250. The van der Waals surface area contributed by atoms with Crippen LogP contribution in [0.3, 0.4) is 0 Å². The van der Waals surface area contributed by atoms with E-state index < -0.39 is 0 Å². The topological polar surface area (TPSA) is 26.0 Å². The maximum absolute atomic E-state index is 6.42. The van der Waals surface area contributed by atoms with Crippen molar-refractivity contribution in [1.82, 2.24) is 0 Å². The maximum Gasteiger partial charge on any atom is 0.0127 e. The highest BCUT2D eigenvalue weighted by atomic mass is 35.5. The first-order valence-corrected chi connectivity index (χ1v) is 5.98. The Morgan fingerprint density at radius 2 is 2.00 bits per heavy atom. The lowest BCUT2D eigenvalue weighted by Gasteiger charge is -2.39. The first-order chi connectivity index (χ1) is 6.22. The fourth-order valence-corrected chi connectivity index (χ4v) is 4.65. The molecule has 0 aromatic carbocycles. The van der Waals surface area contributed by atoms with Crippen LogP contribution in [0.2, 0.25) is 0 Å². The van der Waals surface area contributed by atoms with Crippen LogP contribution in [-0.4, -0.2) is 6.04 Å². The van der Waals surface area contributed by atoms with Crippen LogP contribution in [0.15, 0.2) is 0 Å². The summed E-state index contributed by atoms with van der Waals surface area (Å²) in [5, 5.41) is 0. The molecular weight excluding hydrogens is 194 g/mol. The van der Waals surface area contributed by atoms with E-state index >= 15 is 0 Å². The van der Waals surface area contributed by atoms with Gasteiger partial charge in [0.05, 0.1) is 0 Å². The first-order valence-electron chi connectivity index (χ1n) is 5.98. The van der Waals surface area contributed by atoms with E-state index in [2.05, 4.69) is 6.92 Å². The van der Waals surface area contributed by atoms with Crippen LogP contribution >= 0.6 is 12.4 Å². The van der Waals surface area contributed by atoms with Crippen LogP contribution in [0, 0.1) is 23.2 Å². The molecule has 3 aliphatic rings. The van der Waals surface area contributed by atoms with Crippen molar-refractivity contribution in [1.29, 1.82) is 0 Å². The van der Waals surface area contributed by atoms with Gasteiger partial charge in [-0.15, -0.1) is 12.4 Å². The van der Waals surface area contributed by atoms with Crippen LogP contribution in [0.25, 0.3) is 0 Å². The molecule has 0 unspecified atom stereocenters. The van der Waals surface area contributed by atoms with Gasteiger partial charge in [-0.1, -0.05) is 13.3 Å². The van der Waals surface area contributed by atoms with E-state index in [9.17, 15) is 0 Å². The zero-order valence-electron chi connectivity index (χ0n) is 9.04. The van der Waals surface area contributed by atoms with Crippen molar-refractivity contribution in [3.8, 4) is 0 Å². The zero-order valence-corrected chi connectivity index (χ0v) is 9.85. The standard InChI is InChI=1S/C12H21N.ClH/c1-8-4-5-12(7-8)10-3-2-9(6-10)11(12)13;/h8-11H,2-7,13H2,1H3;1H/t8-,9-,10+,11-,12-;/m0./s1. The zero-order chi connectivity index (χ0) is 9.05. The van der Waals surface area contributed by atoms with Gasteiger partial charge in [-0.25, -0.2) is 0 Å². The summed E-state index contributed by atoms with van der Waals surface area (Å²) in [4.78, 5) is 0. The Labute approximate surface area is 93.2 Å². The molecule has 3 aliphatic carbocycles. The molecule has 0 aromatic heterocycles. The predicted molar refractivity (Wildman–Crippen MR) is 61.5 cm³/mol. The number of nitrogens with two attached hydrogens (primary N) is 1. The fraction of sp³-hybridized carbons (Fsp3) is 1.00. The van der Waals surface area contributed by atoms with E-state index in [0.29, 0.717) is 11.5 Å². The van der Waals surface area contributed by atoms with Crippen LogP contribution in [0.1, 0.15) is 45.4 Å². The molecule has 0 aromatic rings. The molecular formula is C12H22ClN. The van der Waals surface area contributed by atoms with Gasteiger partial charge < -0.3 is 5.73 Å². The summed E-state index contributed by atoms with van der Waals surface area (Å²) < 4.78 is 0. The molecule has 2 bridgehead atoms. The molecule has 14 heavy (non-hydrogen) atoms. The molecule has 3 fully saturated rings. The Balaban J connectivity index is 0.000000750. The summed E-state index contributed by atoms with van der Waals surface area (Å²) in [5.74, 6) is 2.86. The van der Waals surface area contributed by atoms with Crippen LogP contribution in [-0.2, 0) is 0 Å². The Morgan fingerprint density at radius 1 is 1.21 bits per heavy atom. The van der Waals surface area contributed by atoms with Gasteiger partial charge in [0.15, 0.2) is 0 Å². The average Bonchev–Trinajstić information content (AvgIpc) is 2.73. The van der Waals surface area contributed by atoms with Crippen LogP contribution in [0.5, 0.6) is 0 Å². The minimum Gasteiger partial charge on any atom is -0.327 e. The predicted octanol–water partition coefficient (Wildman–Crippen LogP) is 2.97. The third-order valence-corrected chi connectivity index (χ3v) is 5.29. The van der Waals surface area contributed by atoms with Crippen molar-refractivity contribution in [3.63, 3.8) is 0 Å². The number of halogens is 1. The molecule has 82 valence electrons. The number of hydrogen-bond donors (Lipinski definition) is 1. The van der Waals surface area contributed by atoms with Gasteiger partial charge >= 0.3 is 0 Å². The molecule has 1 nitrogen and oxygen atoms in total. The van der Waals surface area contributed by atoms with Gasteiger partial charge in [0.25, 0.3) is 0 Å². The summed E-state index contributed by atoms with van der Waals surface area (Å²) in [6, 6.07) is 0.566. The average molecular weight is 216 g/mol. The van der Waals surface area contributed by atoms with Gasteiger partial charge in [-0.2, -0.15) is 0 Å². The van der Waals surface area contributed by atoms with Crippen molar-refractivity contribution in [2.45, 2.75) is 51.5 Å². The molecule has 3 saturated carbocycles. The van der Waals surface area contributed by atoms with E-state index in [-0.39, 0.29) is 12.4 Å². The monoisotopic (exact) mass is 215 g/mol. The maximum atomic E-state index is 6.42. The van der Waals surface area contributed by atoms with E-state index in [4.69, 9.17) is 5.73 Å². The van der Waals surface area contributed by atoms with Gasteiger partial charge in [-0.3, -0.25) is 0 Å². The largest absolute Gasteiger partial charge is 0.327 e. The minimum atomic E-state index is 0. The van der Waals surface area contributed by atoms with Crippen molar-refractivity contribution >= 4 is 12.4 Å². The van der Waals surface area contributed by atoms with E-state index in [1.807, 2.05) is 0 Å². The summed E-state index contributed by atoms with van der Waals surface area (Å²) >= 11 is 0. The molecule has 2 N–H and O–H groups in total. The van der Waals surface area contributed by atoms with Crippen molar-refractivity contribution in [2.75, 3.05) is 0 Å². The van der Waals surface area contributed by atoms with E-state index in [1.54, 1.807) is 0 Å². The van der Waals surface area contributed by atoms with Gasteiger partial charge in [-0.05, 0) is 55.3 Å². The second kappa shape index (κ2) is 3.38. The second-order valence-corrected chi connectivity index (χ2v) is 5.88. The second-order valence-electron chi connectivity index (χ2n) is 5.88. The summed E-state index contributed by atoms with van der Waals surface area (Å²) in [6.45, 7) is 2.41. The Kier molecular flexibility index (Phi) is 2.60. The molecule has 2 heteroatoms. The lowest BCUT2D eigenvalue weighted by Crippen LogP contribution is -2.44. The van der Waals surface area contributed by atoms with Crippen LogP contribution in [0.4, 0.5) is 0 Å². The minimum absolute atomic E-state index is 0.